The molecule has 0 unspecified atom stereocenters. The topological polar surface area (TPSA) is 67.2 Å². The van der Waals surface area contributed by atoms with Gasteiger partial charge in [-0.25, -0.2) is 4.98 Å². The molecule has 0 aliphatic heterocycles. The Balaban J connectivity index is 1.49. The van der Waals surface area contributed by atoms with E-state index in [1.54, 1.807) is 10.6 Å². The fourth-order valence-corrected chi connectivity index (χ4v) is 5.35. The van der Waals surface area contributed by atoms with E-state index in [1.807, 2.05) is 79.7 Å². The molecule has 1 amide bonds. The number of hydrogen-bond donors (Lipinski definition) is 1. The van der Waals surface area contributed by atoms with E-state index in [1.165, 1.54) is 23.1 Å². The average Bonchev–Trinajstić information content (AvgIpc) is 3.29. The van der Waals surface area contributed by atoms with Gasteiger partial charge >= 0.3 is 0 Å². The quantitative estimate of drug-likeness (QED) is 0.208. The molecular formula is C26H26N4O2S2. The van der Waals surface area contributed by atoms with Crippen molar-refractivity contribution in [3.63, 3.8) is 0 Å². The van der Waals surface area contributed by atoms with E-state index < -0.39 is 0 Å². The zero-order valence-electron chi connectivity index (χ0n) is 19.2. The summed E-state index contributed by atoms with van der Waals surface area (Å²) in [4.78, 5) is 34.1. The summed E-state index contributed by atoms with van der Waals surface area (Å²) in [6, 6.07) is 19.9. The van der Waals surface area contributed by atoms with Gasteiger partial charge in [0.25, 0.3) is 5.56 Å². The largest absolute Gasteiger partial charge is 0.378 e. The van der Waals surface area contributed by atoms with Crippen molar-refractivity contribution in [1.29, 1.82) is 0 Å². The Labute approximate surface area is 207 Å². The van der Waals surface area contributed by atoms with Gasteiger partial charge in [-0.05, 0) is 29.3 Å². The number of aromatic nitrogens is 2. The monoisotopic (exact) mass is 490 g/mol. The molecule has 0 spiro atoms. The lowest BCUT2D eigenvalue weighted by Gasteiger charge is -2.13. The summed E-state index contributed by atoms with van der Waals surface area (Å²) in [5, 5.41) is 4.04. The van der Waals surface area contributed by atoms with Crippen molar-refractivity contribution in [3.8, 4) is 10.4 Å². The van der Waals surface area contributed by atoms with Gasteiger partial charge in [-0.3, -0.25) is 14.2 Å². The fraction of sp³-hybridized carbons (Fsp3) is 0.192. The van der Waals surface area contributed by atoms with Crippen molar-refractivity contribution >= 4 is 44.9 Å². The number of hydrogen-bond acceptors (Lipinski definition) is 6. The molecule has 2 heterocycles. The third-order valence-corrected chi connectivity index (χ3v) is 7.32. The van der Waals surface area contributed by atoms with Gasteiger partial charge in [0.15, 0.2) is 5.16 Å². The molecule has 8 heteroatoms. The van der Waals surface area contributed by atoms with E-state index in [4.69, 9.17) is 4.98 Å². The summed E-state index contributed by atoms with van der Waals surface area (Å²) in [6.07, 6.45) is 1.67. The Bertz CT molecular complexity index is 1360. The molecule has 6 nitrogen and oxygen atoms in total. The molecule has 0 fully saturated rings. The van der Waals surface area contributed by atoms with E-state index in [0.717, 1.165) is 21.7 Å². The highest BCUT2D eigenvalue weighted by atomic mass is 32.2. The first-order valence-electron chi connectivity index (χ1n) is 10.8. The molecule has 0 saturated carbocycles. The summed E-state index contributed by atoms with van der Waals surface area (Å²) >= 11 is 2.75. The molecule has 2 aromatic heterocycles. The van der Waals surface area contributed by atoms with Crippen LogP contribution in [0.25, 0.3) is 20.7 Å². The standard InChI is InChI=1S/C26H26N4O2S2/c1-4-14-30-25(32)21-15-22(19-8-6-5-7-9-19)34-24(21)28-26(30)33-17-23(31)27-16-18-10-12-20(13-11-18)29(2)3/h4-13,15H,1,14,16-17H2,2-3H3,(H,27,31). The lowest BCUT2D eigenvalue weighted by atomic mass is 10.2. The number of anilines is 1. The van der Waals surface area contributed by atoms with E-state index in [9.17, 15) is 9.59 Å². The third-order valence-electron chi connectivity index (χ3n) is 5.26. The highest BCUT2D eigenvalue weighted by Crippen LogP contribution is 2.32. The van der Waals surface area contributed by atoms with Crippen molar-refractivity contribution in [2.75, 3.05) is 24.7 Å². The van der Waals surface area contributed by atoms with Crippen LogP contribution in [-0.2, 0) is 17.9 Å². The molecule has 0 aliphatic rings. The zero-order chi connectivity index (χ0) is 24.1. The molecule has 0 atom stereocenters. The van der Waals surface area contributed by atoms with E-state index >= 15 is 0 Å². The lowest BCUT2D eigenvalue weighted by Crippen LogP contribution is -2.26. The molecule has 0 radical (unpaired) electrons. The molecule has 4 aromatic rings. The first-order chi connectivity index (χ1) is 16.5. The first-order valence-corrected chi connectivity index (χ1v) is 12.6. The Morgan fingerprint density at radius 3 is 2.59 bits per heavy atom. The van der Waals surface area contributed by atoms with Gasteiger partial charge in [0.1, 0.15) is 4.83 Å². The van der Waals surface area contributed by atoms with Gasteiger partial charge in [0.05, 0.1) is 11.1 Å². The molecule has 0 saturated heterocycles. The number of thioether (sulfide) groups is 1. The number of allylic oxidation sites excluding steroid dienone is 1. The van der Waals surface area contributed by atoms with Crippen molar-refractivity contribution in [2.45, 2.75) is 18.2 Å². The normalized spacial score (nSPS) is 10.9. The van der Waals surface area contributed by atoms with Crippen LogP contribution in [0, 0.1) is 0 Å². The second kappa shape index (κ2) is 10.7. The van der Waals surface area contributed by atoms with Gasteiger partial charge in [-0.2, -0.15) is 0 Å². The SMILES string of the molecule is C=CCn1c(SCC(=O)NCc2ccc(N(C)C)cc2)nc2sc(-c3ccccc3)cc2c1=O. The van der Waals surface area contributed by atoms with Crippen LogP contribution in [0.2, 0.25) is 0 Å². The predicted molar refractivity (Wildman–Crippen MR) is 143 cm³/mol. The Hall–Kier alpha value is -3.36. The number of amides is 1. The van der Waals surface area contributed by atoms with Crippen LogP contribution in [0.4, 0.5) is 5.69 Å². The summed E-state index contributed by atoms with van der Waals surface area (Å²) in [5.74, 6) is 0.0549. The number of rotatable bonds is 9. The summed E-state index contributed by atoms with van der Waals surface area (Å²) in [7, 11) is 3.98. The Morgan fingerprint density at radius 2 is 1.91 bits per heavy atom. The molecule has 174 valence electrons. The van der Waals surface area contributed by atoms with Gasteiger partial charge in [0, 0.05) is 37.7 Å². The molecule has 2 aromatic carbocycles. The molecule has 1 N–H and O–H groups in total. The lowest BCUT2D eigenvalue weighted by molar-refractivity contribution is -0.118. The zero-order valence-corrected chi connectivity index (χ0v) is 20.8. The van der Waals surface area contributed by atoms with Crippen LogP contribution in [0.1, 0.15) is 5.56 Å². The summed E-state index contributed by atoms with van der Waals surface area (Å²) in [5.41, 5.74) is 3.06. The number of carbonyl (C=O) groups is 1. The summed E-state index contributed by atoms with van der Waals surface area (Å²) in [6.45, 7) is 4.55. The second-order valence-electron chi connectivity index (χ2n) is 7.92. The van der Waals surface area contributed by atoms with Crippen molar-refractivity contribution in [2.24, 2.45) is 0 Å². The first kappa shape index (κ1) is 23.8. The van der Waals surface area contributed by atoms with E-state index in [0.29, 0.717) is 28.5 Å². The van der Waals surface area contributed by atoms with Crippen LogP contribution in [0.3, 0.4) is 0 Å². The fourth-order valence-electron chi connectivity index (χ4n) is 3.44. The maximum atomic E-state index is 13.2. The van der Waals surface area contributed by atoms with Crippen LogP contribution >= 0.6 is 23.1 Å². The minimum Gasteiger partial charge on any atom is -0.378 e. The molecule has 34 heavy (non-hydrogen) atoms. The summed E-state index contributed by atoms with van der Waals surface area (Å²) < 4.78 is 1.58. The minimum absolute atomic E-state index is 0.114. The van der Waals surface area contributed by atoms with Crippen LogP contribution in [0.15, 0.2) is 83.3 Å². The third kappa shape index (κ3) is 5.40. The number of thiophene rings is 1. The Morgan fingerprint density at radius 1 is 1.18 bits per heavy atom. The minimum atomic E-state index is -0.118. The number of nitrogens with zero attached hydrogens (tertiary/aromatic N) is 3. The van der Waals surface area contributed by atoms with Gasteiger partial charge in [0.2, 0.25) is 5.91 Å². The number of nitrogens with one attached hydrogen (secondary N) is 1. The molecular weight excluding hydrogens is 464 g/mol. The van der Waals surface area contributed by atoms with E-state index in [-0.39, 0.29) is 17.2 Å². The number of carbonyl (C=O) groups excluding carboxylic acids is 1. The Kier molecular flexibility index (Phi) is 7.49. The van der Waals surface area contributed by atoms with Crippen LogP contribution in [-0.4, -0.2) is 35.3 Å². The average molecular weight is 491 g/mol. The molecule has 0 bridgehead atoms. The molecule has 4 rings (SSSR count). The van der Waals surface area contributed by atoms with Gasteiger partial charge in [-0.1, -0.05) is 60.3 Å². The van der Waals surface area contributed by atoms with Crippen LogP contribution < -0.4 is 15.8 Å². The van der Waals surface area contributed by atoms with Gasteiger partial charge < -0.3 is 10.2 Å². The van der Waals surface area contributed by atoms with Crippen LogP contribution in [0.5, 0.6) is 0 Å². The highest BCUT2D eigenvalue weighted by molar-refractivity contribution is 7.99. The van der Waals surface area contributed by atoms with E-state index in [2.05, 4.69) is 11.9 Å². The van der Waals surface area contributed by atoms with Crippen molar-refractivity contribution in [3.05, 3.63) is 89.2 Å². The smallest absolute Gasteiger partial charge is 0.263 e. The number of fused-ring (bicyclic) bond motifs is 1. The van der Waals surface area contributed by atoms with Crippen molar-refractivity contribution in [1.82, 2.24) is 14.9 Å². The second-order valence-corrected chi connectivity index (χ2v) is 9.89. The van der Waals surface area contributed by atoms with Crippen molar-refractivity contribution < 1.29 is 4.79 Å². The maximum absolute atomic E-state index is 13.2. The molecule has 0 aliphatic carbocycles. The maximum Gasteiger partial charge on any atom is 0.263 e. The predicted octanol–water partition coefficient (Wildman–Crippen LogP) is 4.79. The highest BCUT2D eigenvalue weighted by Gasteiger charge is 2.16. The number of benzene rings is 2. The van der Waals surface area contributed by atoms with Gasteiger partial charge in [-0.15, -0.1) is 17.9 Å².